The van der Waals surface area contributed by atoms with Crippen molar-refractivity contribution in [1.82, 2.24) is 9.21 Å². The number of piperazine rings is 1. The van der Waals surface area contributed by atoms with Gasteiger partial charge in [-0.3, -0.25) is 9.59 Å². The first-order valence-electron chi connectivity index (χ1n) is 10.1. The fourth-order valence-corrected chi connectivity index (χ4v) is 5.58. The van der Waals surface area contributed by atoms with Crippen molar-refractivity contribution in [3.05, 3.63) is 47.0 Å². The fourth-order valence-electron chi connectivity index (χ4n) is 3.64. The van der Waals surface area contributed by atoms with Crippen LogP contribution in [0.5, 0.6) is 11.5 Å². The number of fused-ring (bicyclic) bond motifs is 1. The van der Waals surface area contributed by atoms with Gasteiger partial charge < -0.3 is 19.7 Å². The Balaban J connectivity index is 1.50. The molecule has 32 heavy (non-hydrogen) atoms. The number of nitrogens with one attached hydrogen (secondary N) is 1. The number of nitrogens with zero attached hydrogens (tertiary/aromatic N) is 2. The van der Waals surface area contributed by atoms with Crippen molar-refractivity contribution in [2.24, 2.45) is 0 Å². The van der Waals surface area contributed by atoms with Gasteiger partial charge >= 0.3 is 0 Å². The number of hydrogen-bond donors (Lipinski definition) is 1. The molecular formula is C21H22ClN3O6S. The van der Waals surface area contributed by atoms with Crippen LogP contribution in [-0.2, 0) is 14.8 Å². The van der Waals surface area contributed by atoms with Gasteiger partial charge in [0.05, 0.1) is 22.9 Å². The Labute approximate surface area is 190 Å². The molecule has 1 saturated heterocycles. The highest BCUT2D eigenvalue weighted by Crippen LogP contribution is 2.37. The molecule has 0 spiro atoms. The summed E-state index contributed by atoms with van der Waals surface area (Å²) in [5, 5.41) is 2.58. The van der Waals surface area contributed by atoms with E-state index in [0.717, 1.165) is 0 Å². The van der Waals surface area contributed by atoms with Crippen LogP contribution in [0.1, 0.15) is 17.3 Å². The quantitative estimate of drug-likeness (QED) is 0.705. The molecule has 0 unspecified atom stereocenters. The highest BCUT2D eigenvalue weighted by molar-refractivity contribution is 7.89. The molecular weight excluding hydrogens is 458 g/mol. The predicted molar refractivity (Wildman–Crippen MR) is 118 cm³/mol. The number of amides is 2. The monoisotopic (exact) mass is 479 g/mol. The molecule has 0 bridgehead atoms. The molecule has 1 N–H and O–H groups in total. The van der Waals surface area contributed by atoms with Crippen LogP contribution >= 0.6 is 11.6 Å². The lowest BCUT2D eigenvalue weighted by Gasteiger charge is -2.34. The van der Waals surface area contributed by atoms with Crippen LogP contribution in [0.25, 0.3) is 0 Å². The zero-order chi connectivity index (χ0) is 22.9. The summed E-state index contributed by atoms with van der Waals surface area (Å²) in [6, 6.07) is 9.68. The summed E-state index contributed by atoms with van der Waals surface area (Å²) in [5.74, 6) is 0.204. The summed E-state index contributed by atoms with van der Waals surface area (Å²) >= 11 is 6.23. The number of benzene rings is 2. The first-order valence-corrected chi connectivity index (χ1v) is 11.9. The second-order valence-corrected chi connectivity index (χ2v) is 9.55. The average Bonchev–Trinajstić information content (AvgIpc) is 2.78. The van der Waals surface area contributed by atoms with Crippen LogP contribution in [-0.4, -0.2) is 68.8 Å². The molecule has 2 aliphatic rings. The number of halogens is 1. The molecule has 2 aromatic carbocycles. The number of hydrogen-bond acceptors (Lipinski definition) is 6. The van der Waals surface area contributed by atoms with E-state index in [1.54, 1.807) is 29.2 Å². The molecule has 2 aliphatic heterocycles. The second-order valence-electron chi connectivity index (χ2n) is 7.24. The van der Waals surface area contributed by atoms with Gasteiger partial charge in [0.2, 0.25) is 10.0 Å². The van der Waals surface area contributed by atoms with Gasteiger partial charge in [0.1, 0.15) is 16.4 Å². The molecule has 0 aliphatic carbocycles. The summed E-state index contributed by atoms with van der Waals surface area (Å²) in [6.45, 7) is 2.78. The molecule has 4 rings (SSSR count). The van der Waals surface area contributed by atoms with Gasteiger partial charge in [-0.15, -0.1) is 0 Å². The summed E-state index contributed by atoms with van der Waals surface area (Å²) in [6.07, 6.45) is 0. The first kappa shape index (κ1) is 22.4. The van der Waals surface area contributed by atoms with Gasteiger partial charge in [-0.2, -0.15) is 4.31 Å². The van der Waals surface area contributed by atoms with E-state index in [0.29, 0.717) is 23.6 Å². The summed E-state index contributed by atoms with van der Waals surface area (Å²) in [4.78, 5) is 25.9. The van der Waals surface area contributed by atoms with E-state index in [9.17, 15) is 18.0 Å². The van der Waals surface area contributed by atoms with Crippen molar-refractivity contribution in [2.45, 2.75) is 11.8 Å². The maximum absolute atomic E-state index is 13.2. The minimum Gasteiger partial charge on any atom is -0.493 e. The normalized spacial score (nSPS) is 16.7. The largest absolute Gasteiger partial charge is 0.493 e. The van der Waals surface area contributed by atoms with Gasteiger partial charge in [0, 0.05) is 32.2 Å². The van der Waals surface area contributed by atoms with Gasteiger partial charge in [-0.05, 0) is 25.1 Å². The van der Waals surface area contributed by atoms with Gasteiger partial charge in [0.15, 0.2) is 6.61 Å². The van der Waals surface area contributed by atoms with Crippen molar-refractivity contribution in [1.29, 1.82) is 0 Å². The number of rotatable bonds is 5. The van der Waals surface area contributed by atoms with E-state index >= 15 is 0 Å². The maximum Gasteiger partial charge on any atom is 0.262 e. The van der Waals surface area contributed by atoms with Crippen LogP contribution in [0.15, 0.2) is 41.3 Å². The maximum atomic E-state index is 13.2. The molecule has 2 heterocycles. The number of sulfonamides is 1. The lowest BCUT2D eigenvalue weighted by atomic mass is 10.1. The minimum absolute atomic E-state index is 0.0151. The molecule has 0 atom stereocenters. The Morgan fingerprint density at radius 2 is 1.91 bits per heavy atom. The third-order valence-corrected chi connectivity index (χ3v) is 7.59. The van der Waals surface area contributed by atoms with Crippen LogP contribution in [0, 0.1) is 0 Å². The summed E-state index contributed by atoms with van der Waals surface area (Å²) in [5.41, 5.74) is 0.774. The van der Waals surface area contributed by atoms with Crippen LogP contribution in [0.4, 0.5) is 5.69 Å². The molecule has 0 saturated carbocycles. The summed E-state index contributed by atoms with van der Waals surface area (Å²) < 4.78 is 38.6. The van der Waals surface area contributed by atoms with Crippen molar-refractivity contribution in [3.8, 4) is 11.5 Å². The number of ether oxygens (including phenoxy) is 2. The van der Waals surface area contributed by atoms with Gasteiger partial charge in [-0.1, -0.05) is 23.7 Å². The van der Waals surface area contributed by atoms with Crippen LogP contribution in [0.2, 0.25) is 5.02 Å². The van der Waals surface area contributed by atoms with E-state index in [-0.39, 0.29) is 60.3 Å². The minimum atomic E-state index is -3.92. The van der Waals surface area contributed by atoms with Gasteiger partial charge in [-0.25, -0.2) is 8.42 Å². The molecule has 11 heteroatoms. The Morgan fingerprint density at radius 3 is 2.62 bits per heavy atom. The van der Waals surface area contributed by atoms with E-state index in [1.807, 2.05) is 6.92 Å². The van der Waals surface area contributed by atoms with Crippen molar-refractivity contribution < 1.29 is 27.5 Å². The van der Waals surface area contributed by atoms with E-state index in [4.69, 9.17) is 21.1 Å². The number of para-hydroxylation sites is 1. The molecule has 0 radical (unpaired) electrons. The van der Waals surface area contributed by atoms with E-state index in [1.165, 1.54) is 16.4 Å². The lowest BCUT2D eigenvalue weighted by Crippen LogP contribution is -2.50. The average molecular weight is 480 g/mol. The molecule has 0 aromatic heterocycles. The lowest BCUT2D eigenvalue weighted by molar-refractivity contribution is -0.118. The Bertz CT molecular complexity index is 1160. The molecule has 2 aromatic rings. The zero-order valence-corrected chi connectivity index (χ0v) is 18.9. The molecule has 1 fully saturated rings. The number of anilines is 1. The standard InChI is InChI=1S/C21H22ClN3O6S/c1-2-30-17-6-4-3-5-14(17)21(27)24-7-9-25(10-8-24)32(28,29)19-12-18-16(11-15(19)22)23-20(26)13-31-18/h3-6,11-12H,2,7-10,13H2,1H3,(H,23,26). The number of carbonyl (C=O) groups excluding carboxylic acids is 2. The fraction of sp³-hybridized carbons (Fsp3) is 0.333. The Morgan fingerprint density at radius 1 is 1.19 bits per heavy atom. The smallest absolute Gasteiger partial charge is 0.262 e. The highest BCUT2D eigenvalue weighted by Gasteiger charge is 2.33. The third kappa shape index (κ3) is 4.25. The zero-order valence-electron chi connectivity index (χ0n) is 17.3. The molecule has 170 valence electrons. The van der Waals surface area contributed by atoms with Gasteiger partial charge in [0.25, 0.3) is 11.8 Å². The Kier molecular flexibility index (Phi) is 6.27. The predicted octanol–water partition coefficient (Wildman–Crippen LogP) is 2.22. The topological polar surface area (TPSA) is 105 Å². The van der Waals surface area contributed by atoms with E-state index < -0.39 is 10.0 Å². The summed E-state index contributed by atoms with van der Waals surface area (Å²) in [7, 11) is -3.92. The SMILES string of the molecule is CCOc1ccccc1C(=O)N1CCN(S(=O)(=O)c2cc3c(cc2Cl)NC(=O)CO3)CC1. The highest BCUT2D eigenvalue weighted by atomic mass is 35.5. The van der Waals surface area contributed by atoms with Crippen LogP contribution in [0.3, 0.4) is 0 Å². The third-order valence-electron chi connectivity index (χ3n) is 5.23. The van der Waals surface area contributed by atoms with E-state index in [2.05, 4.69) is 5.32 Å². The van der Waals surface area contributed by atoms with Crippen LogP contribution < -0.4 is 14.8 Å². The second kappa shape index (κ2) is 8.97. The van der Waals surface area contributed by atoms with Crippen molar-refractivity contribution in [2.75, 3.05) is 44.7 Å². The Hall–Kier alpha value is -2.82. The molecule has 2 amide bonds. The van der Waals surface area contributed by atoms with Crippen molar-refractivity contribution >= 4 is 39.1 Å². The first-order chi connectivity index (χ1) is 15.3. The number of carbonyl (C=O) groups is 2. The van der Waals surface area contributed by atoms with Crippen molar-refractivity contribution in [3.63, 3.8) is 0 Å². The molecule has 9 nitrogen and oxygen atoms in total.